The second-order valence-electron chi connectivity index (χ2n) is 4.42. The third kappa shape index (κ3) is 12.0. The van der Waals surface area contributed by atoms with E-state index in [0.29, 0.717) is 6.54 Å². The standard InChI is InChI=1S/C14H32N4/c1-3-16-10-7-13-18(12-6-5-9-15)14-8-11-17-4-2/h5-6,16-17H,3-4,7-15H2,1-2H3/b6-5-. The van der Waals surface area contributed by atoms with Crippen molar-refractivity contribution in [3.63, 3.8) is 0 Å². The van der Waals surface area contributed by atoms with Crippen molar-refractivity contribution in [1.29, 1.82) is 0 Å². The average Bonchev–Trinajstić information content (AvgIpc) is 2.39. The number of nitrogens with two attached hydrogens (primary N) is 1. The fourth-order valence-corrected chi connectivity index (χ4v) is 1.82. The van der Waals surface area contributed by atoms with Gasteiger partial charge in [0, 0.05) is 13.1 Å². The summed E-state index contributed by atoms with van der Waals surface area (Å²) in [6, 6.07) is 0. The number of hydrogen-bond acceptors (Lipinski definition) is 4. The van der Waals surface area contributed by atoms with Crippen LogP contribution in [-0.4, -0.2) is 57.3 Å². The van der Waals surface area contributed by atoms with E-state index in [1.807, 2.05) is 6.08 Å². The Morgan fingerprint density at radius 3 is 1.94 bits per heavy atom. The van der Waals surface area contributed by atoms with Gasteiger partial charge in [0.25, 0.3) is 0 Å². The quantitative estimate of drug-likeness (QED) is 0.337. The monoisotopic (exact) mass is 256 g/mol. The highest BCUT2D eigenvalue weighted by molar-refractivity contribution is 4.85. The highest BCUT2D eigenvalue weighted by atomic mass is 15.1. The Bertz CT molecular complexity index is 171. The van der Waals surface area contributed by atoms with E-state index in [1.165, 1.54) is 12.8 Å². The van der Waals surface area contributed by atoms with Gasteiger partial charge in [0.2, 0.25) is 0 Å². The summed E-state index contributed by atoms with van der Waals surface area (Å²) in [5, 5.41) is 6.74. The maximum Gasteiger partial charge on any atom is 0.0163 e. The lowest BCUT2D eigenvalue weighted by molar-refractivity contribution is 0.291. The Labute approximate surface area is 113 Å². The molecule has 0 aromatic carbocycles. The summed E-state index contributed by atoms with van der Waals surface area (Å²) in [5.74, 6) is 0. The van der Waals surface area contributed by atoms with Crippen molar-refractivity contribution in [1.82, 2.24) is 15.5 Å². The van der Waals surface area contributed by atoms with Crippen LogP contribution in [0, 0.1) is 0 Å². The van der Waals surface area contributed by atoms with Gasteiger partial charge in [-0.1, -0.05) is 26.0 Å². The number of hydrogen-bond donors (Lipinski definition) is 3. The second kappa shape index (κ2) is 14.6. The van der Waals surface area contributed by atoms with Crippen LogP contribution in [0.25, 0.3) is 0 Å². The molecule has 0 aromatic heterocycles. The van der Waals surface area contributed by atoms with E-state index < -0.39 is 0 Å². The third-order valence-corrected chi connectivity index (χ3v) is 2.82. The molecular weight excluding hydrogens is 224 g/mol. The van der Waals surface area contributed by atoms with Crippen molar-refractivity contribution in [3.8, 4) is 0 Å². The lowest BCUT2D eigenvalue weighted by atomic mass is 10.3. The predicted molar refractivity (Wildman–Crippen MR) is 81.0 cm³/mol. The minimum atomic E-state index is 0.641. The van der Waals surface area contributed by atoms with Crippen molar-refractivity contribution in [3.05, 3.63) is 12.2 Å². The Balaban J connectivity index is 3.73. The van der Waals surface area contributed by atoms with E-state index in [1.54, 1.807) is 0 Å². The van der Waals surface area contributed by atoms with E-state index >= 15 is 0 Å². The summed E-state index contributed by atoms with van der Waals surface area (Å²) in [6.45, 7) is 12.6. The molecule has 0 saturated heterocycles. The maximum absolute atomic E-state index is 5.47. The van der Waals surface area contributed by atoms with Gasteiger partial charge in [-0.05, 0) is 52.1 Å². The highest BCUT2D eigenvalue weighted by Gasteiger charge is 2.02. The van der Waals surface area contributed by atoms with Gasteiger partial charge < -0.3 is 16.4 Å². The summed E-state index contributed by atoms with van der Waals surface area (Å²) >= 11 is 0. The zero-order chi connectivity index (χ0) is 13.5. The topological polar surface area (TPSA) is 53.3 Å². The molecule has 0 amide bonds. The molecule has 0 fully saturated rings. The van der Waals surface area contributed by atoms with E-state index in [0.717, 1.165) is 45.8 Å². The maximum atomic E-state index is 5.47. The van der Waals surface area contributed by atoms with Crippen LogP contribution in [0.2, 0.25) is 0 Å². The Hall–Kier alpha value is -0.420. The zero-order valence-electron chi connectivity index (χ0n) is 12.3. The van der Waals surface area contributed by atoms with Crippen molar-refractivity contribution in [2.45, 2.75) is 26.7 Å². The minimum absolute atomic E-state index is 0.641. The first-order valence-electron chi connectivity index (χ1n) is 7.34. The van der Waals surface area contributed by atoms with Crippen LogP contribution in [0.5, 0.6) is 0 Å². The molecule has 0 radical (unpaired) electrons. The number of rotatable bonds is 13. The molecule has 0 aliphatic heterocycles. The minimum Gasteiger partial charge on any atom is -0.327 e. The van der Waals surface area contributed by atoms with Crippen LogP contribution in [0.3, 0.4) is 0 Å². The van der Waals surface area contributed by atoms with Gasteiger partial charge in [-0.3, -0.25) is 4.90 Å². The van der Waals surface area contributed by atoms with Gasteiger partial charge >= 0.3 is 0 Å². The zero-order valence-corrected chi connectivity index (χ0v) is 12.3. The molecule has 0 aromatic rings. The summed E-state index contributed by atoms with van der Waals surface area (Å²) in [5.41, 5.74) is 5.47. The molecule has 0 unspecified atom stereocenters. The third-order valence-electron chi connectivity index (χ3n) is 2.82. The molecule has 18 heavy (non-hydrogen) atoms. The lowest BCUT2D eigenvalue weighted by Crippen LogP contribution is -2.30. The molecule has 0 bridgehead atoms. The molecule has 4 N–H and O–H groups in total. The Morgan fingerprint density at radius 2 is 1.50 bits per heavy atom. The molecule has 0 heterocycles. The van der Waals surface area contributed by atoms with Gasteiger partial charge in [-0.25, -0.2) is 0 Å². The first-order chi connectivity index (χ1) is 8.85. The van der Waals surface area contributed by atoms with E-state index in [2.05, 4.69) is 35.5 Å². The fraction of sp³-hybridized carbons (Fsp3) is 0.857. The van der Waals surface area contributed by atoms with Crippen LogP contribution in [0.4, 0.5) is 0 Å². The van der Waals surface area contributed by atoms with Crippen LogP contribution in [0.15, 0.2) is 12.2 Å². The molecule has 0 rings (SSSR count). The molecule has 0 aliphatic carbocycles. The first-order valence-corrected chi connectivity index (χ1v) is 7.34. The largest absolute Gasteiger partial charge is 0.327 e. The van der Waals surface area contributed by atoms with Crippen LogP contribution in [0.1, 0.15) is 26.7 Å². The summed E-state index contributed by atoms with van der Waals surface area (Å²) in [6.07, 6.45) is 6.65. The Morgan fingerprint density at radius 1 is 0.944 bits per heavy atom. The van der Waals surface area contributed by atoms with Crippen LogP contribution < -0.4 is 16.4 Å². The molecular formula is C14H32N4. The SMILES string of the molecule is CCNCCCN(C/C=C\CN)CCCNCC. The molecule has 4 nitrogen and oxygen atoms in total. The van der Waals surface area contributed by atoms with Gasteiger partial charge in [-0.2, -0.15) is 0 Å². The summed E-state index contributed by atoms with van der Waals surface area (Å²) in [4.78, 5) is 2.50. The second-order valence-corrected chi connectivity index (χ2v) is 4.42. The summed E-state index contributed by atoms with van der Waals surface area (Å²) < 4.78 is 0. The van der Waals surface area contributed by atoms with Crippen molar-refractivity contribution < 1.29 is 0 Å². The highest BCUT2D eigenvalue weighted by Crippen LogP contribution is 1.94. The Kier molecular flexibility index (Phi) is 14.3. The number of nitrogens with zero attached hydrogens (tertiary/aromatic N) is 1. The van der Waals surface area contributed by atoms with E-state index in [9.17, 15) is 0 Å². The van der Waals surface area contributed by atoms with Gasteiger partial charge in [0.05, 0.1) is 0 Å². The average molecular weight is 256 g/mol. The van der Waals surface area contributed by atoms with Crippen LogP contribution >= 0.6 is 0 Å². The van der Waals surface area contributed by atoms with Crippen molar-refractivity contribution in [2.75, 3.05) is 52.4 Å². The molecule has 0 spiro atoms. The molecule has 0 saturated carbocycles. The van der Waals surface area contributed by atoms with E-state index in [-0.39, 0.29) is 0 Å². The fourth-order valence-electron chi connectivity index (χ4n) is 1.82. The van der Waals surface area contributed by atoms with Crippen molar-refractivity contribution in [2.24, 2.45) is 5.73 Å². The van der Waals surface area contributed by atoms with Gasteiger partial charge in [0.1, 0.15) is 0 Å². The molecule has 0 aliphatic rings. The smallest absolute Gasteiger partial charge is 0.0163 e. The normalized spacial score (nSPS) is 11.8. The summed E-state index contributed by atoms with van der Waals surface area (Å²) in [7, 11) is 0. The van der Waals surface area contributed by atoms with Gasteiger partial charge in [0.15, 0.2) is 0 Å². The van der Waals surface area contributed by atoms with Gasteiger partial charge in [-0.15, -0.1) is 0 Å². The first kappa shape index (κ1) is 17.6. The van der Waals surface area contributed by atoms with Crippen LogP contribution in [-0.2, 0) is 0 Å². The van der Waals surface area contributed by atoms with E-state index in [4.69, 9.17) is 5.73 Å². The lowest BCUT2D eigenvalue weighted by Gasteiger charge is -2.20. The predicted octanol–water partition coefficient (Wildman–Crippen LogP) is 0.803. The molecule has 108 valence electrons. The molecule has 4 heteroatoms. The molecule has 0 atom stereocenters. The number of nitrogens with one attached hydrogen (secondary N) is 2. The van der Waals surface area contributed by atoms with Crippen molar-refractivity contribution >= 4 is 0 Å².